The van der Waals surface area contributed by atoms with Crippen LogP contribution in [0.15, 0.2) is 36.8 Å². The second-order valence-corrected chi connectivity index (χ2v) is 7.08. The van der Waals surface area contributed by atoms with E-state index in [9.17, 15) is 5.11 Å². The zero-order chi connectivity index (χ0) is 18.7. The van der Waals surface area contributed by atoms with Gasteiger partial charge in [0.05, 0.1) is 30.0 Å². The summed E-state index contributed by atoms with van der Waals surface area (Å²) in [5, 5.41) is 20.9. The van der Waals surface area contributed by atoms with Gasteiger partial charge in [0.15, 0.2) is 5.65 Å². The molecule has 1 fully saturated rings. The summed E-state index contributed by atoms with van der Waals surface area (Å²) >= 11 is 0. The maximum Gasteiger partial charge on any atom is 0.160 e. The molecule has 27 heavy (non-hydrogen) atoms. The highest BCUT2D eigenvalue weighted by Gasteiger charge is 2.32. The summed E-state index contributed by atoms with van der Waals surface area (Å²) in [5.74, 6) is 1.03. The van der Waals surface area contributed by atoms with Gasteiger partial charge in [-0.3, -0.25) is 5.10 Å². The molecule has 0 amide bonds. The van der Waals surface area contributed by atoms with E-state index in [0.29, 0.717) is 30.2 Å². The van der Waals surface area contributed by atoms with Crippen molar-refractivity contribution in [1.82, 2.24) is 20.2 Å². The number of aromatic amines is 1. The number of rotatable bonds is 6. The molecule has 0 atom stereocenters. The highest BCUT2D eigenvalue weighted by molar-refractivity contribution is 5.85. The Labute approximate surface area is 157 Å². The molecule has 8 nitrogen and oxygen atoms in total. The number of phenolic OH excluding ortho intramolecular Hbond substituents is 1. The monoisotopic (exact) mass is 368 g/mol. The molecule has 0 aliphatic heterocycles. The van der Waals surface area contributed by atoms with Crippen LogP contribution in [0.5, 0.6) is 5.75 Å². The molecule has 0 spiro atoms. The van der Waals surface area contributed by atoms with Crippen LogP contribution in [0.25, 0.3) is 11.0 Å². The minimum Gasteiger partial charge on any atom is -0.508 e. The van der Waals surface area contributed by atoms with Crippen molar-refractivity contribution in [3.8, 4) is 5.75 Å². The Morgan fingerprint density at radius 2 is 2.07 bits per heavy atom. The molecule has 0 bridgehead atoms. The highest BCUT2D eigenvalue weighted by Crippen LogP contribution is 2.30. The van der Waals surface area contributed by atoms with E-state index in [1.807, 2.05) is 18.2 Å². The minimum atomic E-state index is -0.518. The van der Waals surface area contributed by atoms with E-state index >= 15 is 0 Å². The number of aromatic hydroxyl groups is 1. The van der Waals surface area contributed by atoms with Crippen molar-refractivity contribution in [2.75, 3.05) is 11.9 Å². The van der Waals surface area contributed by atoms with Crippen LogP contribution < -0.4 is 11.1 Å². The summed E-state index contributed by atoms with van der Waals surface area (Å²) in [6.07, 6.45) is 7.43. The van der Waals surface area contributed by atoms with E-state index in [4.69, 9.17) is 10.5 Å². The molecule has 1 aliphatic carbocycles. The molecule has 3 aromatic rings. The minimum absolute atomic E-state index is 0.189. The summed E-state index contributed by atoms with van der Waals surface area (Å²) in [6, 6.07) is 7.37. The summed E-state index contributed by atoms with van der Waals surface area (Å²) in [7, 11) is 0. The number of nitrogens with two attached hydrogens (primary N) is 1. The molecule has 0 radical (unpaired) electrons. The van der Waals surface area contributed by atoms with Crippen LogP contribution in [0.4, 0.5) is 5.82 Å². The summed E-state index contributed by atoms with van der Waals surface area (Å²) in [4.78, 5) is 8.46. The van der Waals surface area contributed by atoms with Crippen molar-refractivity contribution in [3.05, 3.63) is 42.4 Å². The number of nitrogens with zero attached hydrogens (tertiary/aromatic N) is 3. The molecule has 4 rings (SSSR count). The lowest BCUT2D eigenvalue weighted by Gasteiger charge is -2.38. The van der Waals surface area contributed by atoms with Crippen molar-refractivity contribution in [2.24, 2.45) is 5.73 Å². The van der Waals surface area contributed by atoms with Gasteiger partial charge in [-0.05, 0) is 43.7 Å². The number of H-pyrrole nitrogens is 1. The number of aromatic nitrogens is 4. The number of para-hydroxylation sites is 1. The van der Waals surface area contributed by atoms with Crippen molar-refractivity contribution in [3.63, 3.8) is 0 Å². The Hall–Kier alpha value is -2.71. The largest absolute Gasteiger partial charge is 0.508 e. The molecule has 8 heteroatoms. The lowest BCUT2D eigenvalue weighted by atomic mass is 9.87. The summed E-state index contributed by atoms with van der Waals surface area (Å²) in [5.41, 5.74) is 7.65. The number of phenols is 1. The molecule has 1 aromatic carbocycles. The molecule has 2 heterocycles. The van der Waals surface area contributed by atoms with Crippen LogP contribution in [-0.4, -0.2) is 43.6 Å². The van der Waals surface area contributed by atoms with E-state index in [2.05, 4.69) is 25.5 Å². The van der Waals surface area contributed by atoms with Gasteiger partial charge in [-0.25, -0.2) is 9.97 Å². The van der Waals surface area contributed by atoms with Crippen LogP contribution in [0.3, 0.4) is 0 Å². The van der Waals surface area contributed by atoms with E-state index in [1.54, 1.807) is 12.3 Å². The Bertz CT molecular complexity index is 904. The molecule has 0 saturated heterocycles. The van der Waals surface area contributed by atoms with Gasteiger partial charge < -0.3 is 20.9 Å². The Balaban J connectivity index is 1.29. The van der Waals surface area contributed by atoms with Crippen molar-refractivity contribution in [2.45, 2.75) is 43.9 Å². The number of anilines is 1. The molecule has 2 aromatic heterocycles. The number of benzene rings is 1. The zero-order valence-corrected chi connectivity index (χ0v) is 15.1. The third-order valence-corrected chi connectivity index (χ3v) is 5.16. The van der Waals surface area contributed by atoms with Crippen molar-refractivity contribution >= 4 is 16.9 Å². The third-order valence-electron chi connectivity index (χ3n) is 5.16. The van der Waals surface area contributed by atoms with E-state index in [0.717, 1.165) is 36.6 Å². The highest BCUT2D eigenvalue weighted by atomic mass is 16.5. The smallest absolute Gasteiger partial charge is 0.160 e. The van der Waals surface area contributed by atoms with Gasteiger partial charge >= 0.3 is 0 Å². The van der Waals surface area contributed by atoms with Crippen molar-refractivity contribution in [1.29, 1.82) is 0 Å². The first-order valence-corrected chi connectivity index (χ1v) is 9.23. The summed E-state index contributed by atoms with van der Waals surface area (Å²) < 4.78 is 6.01. The Kier molecular flexibility index (Phi) is 4.91. The quantitative estimate of drug-likeness (QED) is 0.493. The molecular weight excluding hydrogens is 344 g/mol. The maximum atomic E-state index is 9.82. The normalized spacial score (nSPS) is 22.8. The molecule has 5 N–H and O–H groups in total. The lowest BCUT2D eigenvalue weighted by Crippen LogP contribution is -2.51. The number of ether oxygens (including phenoxy) is 1. The molecule has 142 valence electrons. The first-order chi connectivity index (χ1) is 13.1. The molecule has 0 unspecified atom stereocenters. The average molecular weight is 368 g/mol. The first kappa shape index (κ1) is 17.7. The van der Waals surface area contributed by atoms with Gasteiger partial charge in [0.1, 0.15) is 17.9 Å². The van der Waals surface area contributed by atoms with E-state index in [1.165, 1.54) is 6.33 Å². The zero-order valence-electron chi connectivity index (χ0n) is 15.1. The topological polar surface area (TPSA) is 122 Å². The van der Waals surface area contributed by atoms with Crippen LogP contribution >= 0.6 is 0 Å². The standard InChI is InChI=1S/C19H24N6O2/c20-19(24-17-15-11-23-25-18(15)22-12-21-17)8-5-14(6-9-19)27-10-7-13-3-1-2-4-16(13)26/h1-4,11-12,14,26H,5-10,20H2,(H2,21,22,23,24,25)/t14-,19-. The second kappa shape index (κ2) is 7.50. The predicted octanol–water partition coefficient (Wildman–Crippen LogP) is 2.33. The van der Waals surface area contributed by atoms with Gasteiger partial charge in [0.2, 0.25) is 0 Å². The van der Waals surface area contributed by atoms with E-state index < -0.39 is 5.66 Å². The number of nitrogens with one attached hydrogen (secondary N) is 2. The van der Waals surface area contributed by atoms with Gasteiger partial charge in [-0.2, -0.15) is 5.10 Å². The first-order valence-electron chi connectivity index (χ1n) is 9.23. The lowest BCUT2D eigenvalue weighted by molar-refractivity contribution is 0.0181. The fraction of sp³-hybridized carbons (Fsp3) is 0.421. The average Bonchev–Trinajstić information content (AvgIpc) is 3.15. The van der Waals surface area contributed by atoms with Crippen LogP contribution in [0.1, 0.15) is 31.2 Å². The van der Waals surface area contributed by atoms with Gasteiger partial charge in [0, 0.05) is 0 Å². The van der Waals surface area contributed by atoms with Crippen LogP contribution in [-0.2, 0) is 11.2 Å². The third kappa shape index (κ3) is 4.01. The van der Waals surface area contributed by atoms with Gasteiger partial charge in [-0.15, -0.1) is 0 Å². The van der Waals surface area contributed by atoms with Crippen LogP contribution in [0, 0.1) is 0 Å². The molecule has 1 saturated carbocycles. The summed E-state index contributed by atoms with van der Waals surface area (Å²) in [6.45, 7) is 0.592. The second-order valence-electron chi connectivity index (χ2n) is 7.08. The molecule has 1 aliphatic rings. The Morgan fingerprint density at radius 3 is 2.89 bits per heavy atom. The van der Waals surface area contributed by atoms with Crippen LogP contribution in [0.2, 0.25) is 0 Å². The van der Waals surface area contributed by atoms with Crippen molar-refractivity contribution < 1.29 is 9.84 Å². The maximum absolute atomic E-state index is 9.82. The Morgan fingerprint density at radius 1 is 1.26 bits per heavy atom. The van der Waals surface area contributed by atoms with E-state index in [-0.39, 0.29) is 6.10 Å². The fourth-order valence-corrected chi connectivity index (χ4v) is 3.56. The molecular formula is C19H24N6O2. The predicted molar refractivity (Wildman–Crippen MR) is 102 cm³/mol. The number of fused-ring (bicyclic) bond motifs is 1. The SMILES string of the molecule is N[C@]1(Nc2ncnc3[nH]ncc23)CC[C@H](OCCc2ccccc2O)CC1. The van der Waals surface area contributed by atoms with Gasteiger partial charge in [-0.1, -0.05) is 18.2 Å². The van der Waals surface area contributed by atoms with Gasteiger partial charge in [0.25, 0.3) is 0 Å². The number of hydrogen-bond donors (Lipinski definition) is 4. The fourth-order valence-electron chi connectivity index (χ4n) is 3.56. The number of hydrogen-bond acceptors (Lipinski definition) is 7.